The second-order valence-electron chi connectivity index (χ2n) is 5.92. The molecule has 0 aromatic rings. The van der Waals surface area contributed by atoms with Gasteiger partial charge in [-0.1, -0.05) is 51.2 Å². The summed E-state index contributed by atoms with van der Waals surface area (Å²) in [6.45, 7) is 2.17. The predicted molar refractivity (Wildman–Crippen MR) is 98.5 cm³/mol. The molecule has 0 aromatic carbocycles. The average Bonchev–Trinajstić information content (AvgIpc) is 2.57. The van der Waals surface area contributed by atoms with E-state index in [4.69, 9.17) is 5.26 Å². The Balaban J connectivity index is 3.80. The summed E-state index contributed by atoms with van der Waals surface area (Å²) >= 11 is 1.57. The number of hydrogen-bond donors (Lipinski definition) is 0. The number of carbonyl (C=O) groups excluding carboxylic acids is 2. The van der Waals surface area contributed by atoms with Crippen molar-refractivity contribution in [1.29, 1.82) is 5.26 Å². The Morgan fingerprint density at radius 1 is 1.17 bits per heavy atom. The SMILES string of the molecule is CCCCCCC(C=O)C=CCC(=O)CCCCC(C#N)SC. The summed E-state index contributed by atoms with van der Waals surface area (Å²) in [5.74, 6) is 0.173. The molecular formula is C19H31NO2S. The minimum absolute atomic E-state index is 0.0439. The second-order valence-corrected chi connectivity index (χ2v) is 6.96. The molecule has 23 heavy (non-hydrogen) atoms. The van der Waals surface area contributed by atoms with Crippen LogP contribution in [0.25, 0.3) is 0 Å². The lowest BCUT2D eigenvalue weighted by molar-refractivity contribution is -0.118. The van der Waals surface area contributed by atoms with Crippen LogP contribution in [-0.4, -0.2) is 23.6 Å². The highest BCUT2D eigenvalue weighted by atomic mass is 32.2. The molecule has 0 aromatic heterocycles. The maximum atomic E-state index is 11.8. The number of carbonyl (C=O) groups is 2. The first-order valence-corrected chi connectivity index (χ1v) is 10.0. The monoisotopic (exact) mass is 337 g/mol. The molecule has 2 atom stereocenters. The van der Waals surface area contributed by atoms with Gasteiger partial charge < -0.3 is 4.79 Å². The van der Waals surface area contributed by atoms with E-state index in [2.05, 4.69) is 13.0 Å². The van der Waals surface area contributed by atoms with Gasteiger partial charge in [-0.25, -0.2) is 0 Å². The smallest absolute Gasteiger partial charge is 0.136 e. The molecule has 130 valence electrons. The van der Waals surface area contributed by atoms with Gasteiger partial charge in [-0.15, -0.1) is 11.8 Å². The molecule has 0 fully saturated rings. The third-order valence-corrected chi connectivity index (χ3v) is 4.81. The summed E-state index contributed by atoms with van der Waals surface area (Å²) in [6, 6.07) is 2.25. The fourth-order valence-electron chi connectivity index (χ4n) is 2.38. The first-order chi connectivity index (χ1) is 11.2. The highest BCUT2D eigenvalue weighted by Gasteiger charge is 2.06. The van der Waals surface area contributed by atoms with E-state index in [0.29, 0.717) is 12.8 Å². The number of Topliss-reactive ketones (excluding diaryl/α,β-unsaturated/α-hetero) is 1. The van der Waals surface area contributed by atoms with Crippen LogP contribution in [0, 0.1) is 17.2 Å². The number of thioether (sulfide) groups is 1. The van der Waals surface area contributed by atoms with Crippen LogP contribution in [0.5, 0.6) is 0 Å². The second kappa shape index (κ2) is 15.8. The van der Waals surface area contributed by atoms with Crippen LogP contribution in [0.3, 0.4) is 0 Å². The van der Waals surface area contributed by atoms with Crippen LogP contribution < -0.4 is 0 Å². The van der Waals surface area contributed by atoms with Gasteiger partial charge in [0.25, 0.3) is 0 Å². The van der Waals surface area contributed by atoms with Crippen LogP contribution in [0.2, 0.25) is 0 Å². The molecule has 0 heterocycles. The number of nitriles is 1. The van der Waals surface area contributed by atoms with Gasteiger partial charge in [-0.2, -0.15) is 5.26 Å². The number of allylic oxidation sites excluding steroid dienone is 2. The molecule has 0 saturated carbocycles. The van der Waals surface area contributed by atoms with E-state index in [1.807, 2.05) is 18.4 Å². The minimum Gasteiger partial charge on any atom is -0.303 e. The van der Waals surface area contributed by atoms with E-state index >= 15 is 0 Å². The molecule has 0 amide bonds. The lowest BCUT2D eigenvalue weighted by Gasteiger charge is -2.05. The molecule has 0 aliphatic heterocycles. The molecule has 2 unspecified atom stereocenters. The Kier molecular flexibility index (Phi) is 15.1. The Labute approximate surface area is 145 Å². The van der Waals surface area contributed by atoms with Gasteiger partial charge in [0.1, 0.15) is 12.1 Å². The van der Waals surface area contributed by atoms with Crippen LogP contribution in [-0.2, 0) is 9.59 Å². The van der Waals surface area contributed by atoms with Crippen LogP contribution in [0.4, 0.5) is 0 Å². The molecule has 3 nitrogen and oxygen atoms in total. The summed E-state index contributed by atoms with van der Waals surface area (Å²) in [5, 5.41) is 8.89. The Hall–Kier alpha value is -1.08. The molecule has 0 spiro atoms. The van der Waals surface area contributed by atoms with E-state index < -0.39 is 0 Å². The molecule has 0 rings (SSSR count). The van der Waals surface area contributed by atoms with Crippen LogP contribution in [0.1, 0.15) is 71.1 Å². The number of unbranched alkanes of at least 4 members (excludes halogenated alkanes) is 4. The van der Waals surface area contributed by atoms with Crippen molar-refractivity contribution in [1.82, 2.24) is 0 Å². The highest BCUT2D eigenvalue weighted by molar-refractivity contribution is 7.99. The lowest BCUT2D eigenvalue weighted by Crippen LogP contribution is -2.01. The van der Waals surface area contributed by atoms with Crippen molar-refractivity contribution in [2.75, 3.05) is 6.26 Å². The van der Waals surface area contributed by atoms with Crippen LogP contribution in [0.15, 0.2) is 12.2 Å². The molecule has 0 aliphatic carbocycles. The summed E-state index contributed by atoms with van der Waals surface area (Å²) < 4.78 is 0. The zero-order valence-corrected chi connectivity index (χ0v) is 15.4. The normalized spacial score (nSPS) is 13.6. The van der Waals surface area contributed by atoms with Crippen molar-refractivity contribution in [3.63, 3.8) is 0 Å². The van der Waals surface area contributed by atoms with Crippen LogP contribution >= 0.6 is 11.8 Å². The molecule has 0 aliphatic rings. The number of aldehydes is 1. The van der Waals surface area contributed by atoms with Crippen molar-refractivity contribution in [2.45, 2.75) is 76.4 Å². The van der Waals surface area contributed by atoms with E-state index in [0.717, 1.165) is 38.4 Å². The maximum Gasteiger partial charge on any atom is 0.136 e. The van der Waals surface area contributed by atoms with Crippen molar-refractivity contribution in [3.05, 3.63) is 12.2 Å². The zero-order valence-electron chi connectivity index (χ0n) is 14.6. The van der Waals surface area contributed by atoms with Crippen molar-refractivity contribution in [2.24, 2.45) is 5.92 Å². The topological polar surface area (TPSA) is 57.9 Å². The third-order valence-electron chi connectivity index (χ3n) is 3.90. The molecule has 0 N–H and O–H groups in total. The van der Waals surface area contributed by atoms with Gasteiger partial charge in [0, 0.05) is 18.8 Å². The van der Waals surface area contributed by atoms with Crippen molar-refractivity contribution < 1.29 is 9.59 Å². The Morgan fingerprint density at radius 3 is 2.52 bits per heavy atom. The van der Waals surface area contributed by atoms with E-state index in [9.17, 15) is 9.59 Å². The summed E-state index contributed by atoms with van der Waals surface area (Å²) in [4.78, 5) is 22.8. The lowest BCUT2D eigenvalue weighted by atomic mass is 10.0. The summed E-state index contributed by atoms with van der Waals surface area (Å²) in [6.07, 6.45) is 15.8. The molecule has 0 radical (unpaired) electrons. The Morgan fingerprint density at radius 2 is 1.91 bits per heavy atom. The van der Waals surface area contributed by atoms with Gasteiger partial charge in [0.2, 0.25) is 0 Å². The zero-order chi connectivity index (χ0) is 17.3. The van der Waals surface area contributed by atoms with Gasteiger partial charge in [-0.05, 0) is 25.5 Å². The number of rotatable bonds is 15. The van der Waals surface area contributed by atoms with Gasteiger partial charge in [0.05, 0.1) is 11.3 Å². The Bertz CT molecular complexity index is 387. The highest BCUT2D eigenvalue weighted by Crippen LogP contribution is 2.15. The average molecular weight is 338 g/mol. The van der Waals surface area contributed by atoms with E-state index in [-0.39, 0.29) is 17.0 Å². The number of nitrogens with zero attached hydrogens (tertiary/aromatic N) is 1. The van der Waals surface area contributed by atoms with Crippen molar-refractivity contribution in [3.8, 4) is 6.07 Å². The van der Waals surface area contributed by atoms with E-state index in [1.165, 1.54) is 19.3 Å². The first kappa shape index (κ1) is 21.9. The standard InChI is InChI=1S/C19H31NO2S/c1-3-4-5-6-10-17(16-21)11-9-13-18(22)12-7-8-14-19(15-20)23-2/h9,11,16-17,19H,3-8,10,12-14H2,1-2H3. The molecule has 0 saturated heterocycles. The van der Waals surface area contributed by atoms with E-state index in [1.54, 1.807) is 11.8 Å². The van der Waals surface area contributed by atoms with Gasteiger partial charge in [0.15, 0.2) is 0 Å². The largest absolute Gasteiger partial charge is 0.303 e. The molecular weight excluding hydrogens is 306 g/mol. The van der Waals surface area contributed by atoms with Crippen molar-refractivity contribution >= 4 is 23.8 Å². The summed E-state index contributed by atoms with van der Waals surface area (Å²) in [7, 11) is 0. The quantitative estimate of drug-likeness (QED) is 0.237. The molecule has 4 heteroatoms. The fraction of sp³-hybridized carbons (Fsp3) is 0.737. The molecule has 0 bridgehead atoms. The predicted octanol–water partition coefficient (Wildman–Crippen LogP) is 5.10. The van der Waals surface area contributed by atoms with Gasteiger partial charge >= 0.3 is 0 Å². The number of ketones is 1. The summed E-state index contributed by atoms with van der Waals surface area (Å²) in [5.41, 5.74) is 0. The number of hydrogen-bond acceptors (Lipinski definition) is 4. The minimum atomic E-state index is -0.0439. The maximum absolute atomic E-state index is 11.8. The third kappa shape index (κ3) is 13.1. The first-order valence-electron chi connectivity index (χ1n) is 8.74. The fourth-order valence-corrected chi connectivity index (χ4v) is 2.89. The van der Waals surface area contributed by atoms with Gasteiger partial charge in [-0.3, -0.25) is 4.79 Å².